The van der Waals surface area contributed by atoms with E-state index in [-0.39, 0.29) is 11.9 Å². The number of nitrogens with one attached hydrogen (secondary N) is 1. The highest BCUT2D eigenvalue weighted by molar-refractivity contribution is 5.37. The van der Waals surface area contributed by atoms with Crippen LogP contribution in [-0.4, -0.2) is 34.2 Å². The van der Waals surface area contributed by atoms with Gasteiger partial charge in [0, 0.05) is 31.3 Å². The van der Waals surface area contributed by atoms with Gasteiger partial charge >= 0.3 is 0 Å². The van der Waals surface area contributed by atoms with Crippen LogP contribution in [0.5, 0.6) is 5.75 Å². The zero-order valence-electron chi connectivity index (χ0n) is 11.1. The average molecular weight is 276 g/mol. The zero-order valence-corrected chi connectivity index (χ0v) is 11.1. The third-order valence-electron chi connectivity index (χ3n) is 3.35. The number of benzene rings is 1. The molecule has 0 aliphatic carbocycles. The fraction of sp³-hybridized carbons (Fsp3) is 0.429. The Labute approximate surface area is 116 Å². The summed E-state index contributed by atoms with van der Waals surface area (Å²) in [6, 6.07) is 4.70. The van der Waals surface area contributed by atoms with Crippen molar-refractivity contribution < 1.29 is 9.13 Å². The van der Waals surface area contributed by atoms with E-state index in [1.165, 1.54) is 6.07 Å². The van der Waals surface area contributed by atoms with Gasteiger partial charge in [-0.15, -0.1) is 5.10 Å². The van der Waals surface area contributed by atoms with Gasteiger partial charge in [0.1, 0.15) is 17.7 Å². The van der Waals surface area contributed by atoms with Crippen molar-refractivity contribution in [1.29, 1.82) is 0 Å². The van der Waals surface area contributed by atoms with Crippen molar-refractivity contribution in [3.63, 3.8) is 0 Å². The molecule has 1 N–H and O–H groups in total. The summed E-state index contributed by atoms with van der Waals surface area (Å²) in [5.74, 6) is 0.606. The first-order valence-corrected chi connectivity index (χ1v) is 6.81. The normalized spacial score (nSPS) is 16.9. The van der Waals surface area contributed by atoms with Gasteiger partial charge in [0.05, 0.1) is 6.20 Å². The second-order valence-corrected chi connectivity index (χ2v) is 4.92. The summed E-state index contributed by atoms with van der Waals surface area (Å²) < 4.78 is 20.7. The van der Waals surface area contributed by atoms with Crippen LogP contribution in [-0.2, 0) is 13.0 Å². The van der Waals surface area contributed by atoms with Gasteiger partial charge in [0.15, 0.2) is 0 Å². The summed E-state index contributed by atoms with van der Waals surface area (Å²) in [7, 11) is 0. The first kappa shape index (κ1) is 13.1. The number of aryl methyl sites for hydroxylation is 1. The van der Waals surface area contributed by atoms with Crippen LogP contribution >= 0.6 is 0 Å². The molecule has 0 amide bonds. The Morgan fingerprint density at radius 2 is 2.40 bits per heavy atom. The fourth-order valence-electron chi connectivity index (χ4n) is 2.38. The van der Waals surface area contributed by atoms with E-state index >= 15 is 0 Å². The van der Waals surface area contributed by atoms with Crippen LogP contribution < -0.4 is 10.1 Å². The van der Waals surface area contributed by atoms with Crippen LogP contribution in [0.2, 0.25) is 0 Å². The highest BCUT2D eigenvalue weighted by Crippen LogP contribution is 2.28. The average Bonchev–Trinajstić information content (AvgIpc) is 3.06. The summed E-state index contributed by atoms with van der Waals surface area (Å²) in [4.78, 5) is 0. The van der Waals surface area contributed by atoms with E-state index in [1.54, 1.807) is 18.3 Å². The molecule has 20 heavy (non-hydrogen) atoms. The van der Waals surface area contributed by atoms with Crippen LogP contribution in [0.1, 0.15) is 12.0 Å². The van der Waals surface area contributed by atoms with E-state index in [1.807, 2.05) is 10.9 Å². The number of halogens is 1. The van der Waals surface area contributed by atoms with Crippen molar-refractivity contribution in [1.82, 2.24) is 20.3 Å². The summed E-state index contributed by atoms with van der Waals surface area (Å²) in [6.07, 6.45) is 5.38. The molecule has 1 aliphatic heterocycles. The summed E-state index contributed by atoms with van der Waals surface area (Å²) in [5.41, 5.74) is 0.958. The van der Waals surface area contributed by atoms with Crippen molar-refractivity contribution in [3.05, 3.63) is 42.0 Å². The van der Waals surface area contributed by atoms with E-state index < -0.39 is 0 Å². The number of rotatable bonds is 6. The van der Waals surface area contributed by atoms with Crippen LogP contribution in [0.15, 0.2) is 30.6 Å². The van der Waals surface area contributed by atoms with Crippen LogP contribution in [0.4, 0.5) is 4.39 Å². The lowest BCUT2D eigenvalue weighted by molar-refractivity contribution is 0.227. The van der Waals surface area contributed by atoms with Crippen molar-refractivity contribution in [2.45, 2.75) is 25.5 Å². The van der Waals surface area contributed by atoms with Crippen molar-refractivity contribution in [2.75, 3.05) is 13.1 Å². The van der Waals surface area contributed by atoms with Crippen LogP contribution in [0.3, 0.4) is 0 Å². The lowest BCUT2D eigenvalue weighted by Gasteiger charge is -2.11. The van der Waals surface area contributed by atoms with Gasteiger partial charge in [0.25, 0.3) is 0 Å². The van der Waals surface area contributed by atoms with E-state index in [4.69, 9.17) is 4.74 Å². The molecule has 6 heteroatoms. The Balaban J connectivity index is 1.36. The SMILES string of the molecule is Fc1ccc2c(c1)CC(CNCCCn1ccnn1)O2. The minimum Gasteiger partial charge on any atom is -0.488 e. The molecule has 0 bridgehead atoms. The van der Waals surface area contributed by atoms with Crippen molar-refractivity contribution in [2.24, 2.45) is 0 Å². The standard InChI is InChI=1S/C14H17FN4O/c15-12-2-3-14-11(8-12)9-13(20-14)10-16-4-1-6-19-7-5-17-18-19/h2-3,5,7-8,13,16H,1,4,6,9-10H2. The number of ether oxygens (including phenoxy) is 1. The van der Waals surface area contributed by atoms with Gasteiger partial charge in [0.2, 0.25) is 0 Å². The molecule has 2 aromatic rings. The summed E-state index contributed by atoms with van der Waals surface area (Å²) in [6.45, 7) is 2.52. The minimum absolute atomic E-state index is 0.0955. The number of nitrogens with zero attached hydrogens (tertiary/aromatic N) is 3. The molecule has 1 atom stereocenters. The Bertz CT molecular complexity index is 558. The molecule has 1 unspecified atom stereocenters. The topological polar surface area (TPSA) is 52.0 Å². The maximum atomic E-state index is 13.1. The molecule has 0 saturated heterocycles. The Kier molecular flexibility index (Phi) is 3.92. The Morgan fingerprint density at radius 1 is 1.45 bits per heavy atom. The minimum atomic E-state index is -0.200. The Morgan fingerprint density at radius 3 is 3.25 bits per heavy atom. The van der Waals surface area contributed by atoms with Gasteiger partial charge in [-0.05, 0) is 31.2 Å². The summed E-state index contributed by atoms with van der Waals surface area (Å²) in [5, 5.41) is 11.0. The number of aromatic nitrogens is 3. The Hall–Kier alpha value is -1.95. The molecule has 106 valence electrons. The maximum Gasteiger partial charge on any atom is 0.123 e. The van der Waals surface area contributed by atoms with Gasteiger partial charge in [-0.3, -0.25) is 4.68 Å². The number of fused-ring (bicyclic) bond motifs is 1. The van der Waals surface area contributed by atoms with Gasteiger partial charge in [-0.2, -0.15) is 0 Å². The smallest absolute Gasteiger partial charge is 0.123 e. The monoisotopic (exact) mass is 276 g/mol. The molecule has 3 rings (SSSR count). The molecule has 1 aromatic heterocycles. The molecule has 1 aliphatic rings. The van der Waals surface area contributed by atoms with Gasteiger partial charge in [-0.1, -0.05) is 5.21 Å². The quantitative estimate of drug-likeness (QED) is 0.810. The zero-order chi connectivity index (χ0) is 13.8. The number of hydrogen-bond acceptors (Lipinski definition) is 4. The van der Waals surface area contributed by atoms with Crippen LogP contribution in [0.25, 0.3) is 0 Å². The molecule has 2 heterocycles. The first-order chi connectivity index (χ1) is 9.81. The molecule has 0 saturated carbocycles. The van der Waals surface area contributed by atoms with E-state index in [9.17, 15) is 4.39 Å². The molecular weight excluding hydrogens is 259 g/mol. The lowest BCUT2D eigenvalue weighted by Crippen LogP contribution is -2.31. The van der Waals surface area contributed by atoms with E-state index in [2.05, 4.69) is 15.6 Å². The lowest BCUT2D eigenvalue weighted by atomic mass is 10.1. The highest BCUT2D eigenvalue weighted by Gasteiger charge is 2.22. The highest BCUT2D eigenvalue weighted by atomic mass is 19.1. The largest absolute Gasteiger partial charge is 0.488 e. The third kappa shape index (κ3) is 3.14. The first-order valence-electron chi connectivity index (χ1n) is 6.81. The predicted molar refractivity (Wildman–Crippen MR) is 72.0 cm³/mol. The van der Waals surface area contributed by atoms with Gasteiger partial charge in [-0.25, -0.2) is 4.39 Å². The molecule has 0 radical (unpaired) electrons. The van der Waals surface area contributed by atoms with Crippen LogP contribution in [0, 0.1) is 5.82 Å². The van der Waals surface area contributed by atoms with Crippen molar-refractivity contribution >= 4 is 0 Å². The predicted octanol–water partition coefficient (Wildman–Crippen LogP) is 1.40. The second kappa shape index (κ2) is 6.00. The molecule has 0 fully saturated rings. The van der Waals surface area contributed by atoms with Gasteiger partial charge < -0.3 is 10.1 Å². The molecule has 5 nitrogen and oxygen atoms in total. The maximum absolute atomic E-state index is 13.1. The second-order valence-electron chi connectivity index (χ2n) is 4.92. The van der Waals surface area contributed by atoms with E-state index in [0.29, 0.717) is 0 Å². The fourth-order valence-corrected chi connectivity index (χ4v) is 2.38. The van der Waals surface area contributed by atoms with E-state index in [0.717, 1.165) is 43.8 Å². The third-order valence-corrected chi connectivity index (χ3v) is 3.35. The summed E-state index contributed by atoms with van der Waals surface area (Å²) >= 11 is 0. The molecule has 0 spiro atoms. The molecule has 1 aromatic carbocycles. The van der Waals surface area contributed by atoms with Crippen molar-refractivity contribution in [3.8, 4) is 5.75 Å². The number of hydrogen-bond donors (Lipinski definition) is 1. The molecular formula is C14H17FN4O.